The lowest BCUT2D eigenvalue weighted by Gasteiger charge is -2.14. The van der Waals surface area contributed by atoms with E-state index in [2.05, 4.69) is 15.3 Å². The number of halogens is 2. The molecule has 23 heavy (non-hydrogen) atoms. The summed E-state index contributed by atoms with van der Waals surface area (Å²) in [7, 11) is 0. The minimum absolute atomic E-state index is 0.00457. The lowest BCUT2D eigenvalue weighted by atomic mass is 10.3. The Morgan fingerprint density at radius 1 is 1.30 bits per heavy atom. The van der Waals surface area contributed by atoms with Crippen LogP contribution in [0.3, 0.4) is 0 Å². The first-order valence-corrected chi connectivity index (χ1v) is 7.00. The third kappa shape index (κ3) is 4.46. The van der Waals surface area contributed by atoms with Gasteiger partial charge in [-0.1, -0.05) is 11.6 Å². The summed E-state index contributed by atoms with van der Waals surface area (Å²) in [5.41, 5.74) is 0.865. The highest BCUT2D eigenvalue weighted by atomic mass is 35.5. The van der Waals surface area contributed by atoms with Gasteiger partial charge in [-0.2, -0.15) is 0 Å². The summed E-state index contributed by atoms with van der Waals surface area (Å²) in [5, 5.41) is 2.50. The second kappa shape index (κ2) is 7.15. The van der Waals surface area contributed by atoms with Crippen LogP contribution in [0.4, 0.5) is 10.1 Å². The molecule has 1 aromatic carbocycles. The van der Waals surface area contributed by atoms with E-state index in [9.17, 15) is 14.0 Å². The fraction of sp³-hybridized carbons (Fsp3) is 0.200. The molecule has 0 aliphatic carbocycles. The quantitative estimate of drug-likeness (QED) is 0.868. The van der Waals surface area contributed by atoms with E-state index in [-0.39, 0.29) is 16.4 Å². The van der Waals surface area contributed by atoms with Gasteiger partial charge in [-0.15, -0.1) is 0 Å². The Morgan fingerprint density at radius 3 is 2.65 bits per heavy atom. The van der Waals surface area contributed by atoms with Crippen LogP contribution < -0.4 is 5.32 Å². The maximum atomic E-state index is 13.0. The van der Waals surface area contributed by atoms with Gasteiger partial charge in [0.2, 0.25) is 0 Å². The van der Waals surface area contributed by atoms with Crippen LogP contribution >= 0.6 is 11.6 Å². The number of ether oxygens (including phenoxy) is 1. The molecule has 0 radical (unpaired) electrons. The Kier molecular flexibility index (Phi) is 5.23. The zero-order chi connectivity index (χ0) is 17.0. The second-order valence-electron chi connectivity index (χ2n) is 4.70. The number of benzene rings is 1. The number of aryl methyl sites for hydroxylation is 1. The summed E-state index contributed by atoms with van der Waals surface area (Å²) in [5.74, 6) is -1.90. The molecule has 1 heterocycles. The molecule has 1 aromatic heterocycles. The molecule has 120 valence electrons. The van der Waals surface area contributed by atoms with Crippen molar-refractivity contribution < 1.29 is 18.7 Å². The van der Waals surface area contributed by atoms with E-state index >= 15 is 0 Å². The highest BCUT2D eigenvalue weighted by Crippen LogP contribution is 2.22. The Hall–Kier alpha value is -2.54. The van der Waals surface area contributed by atoms with E-state index in [1.54, 1.807) is 6.92 Å². The fourth-order valence-electron chi connectivity index (χ4n) is 1.60. The van der Waals surface area contributed by atoms with Crippen molar-refractivity contribution in [2.75, 3.05) is 5.32 Å². The zero-order valence-electron chi connectivity index (χ0n) is 12.3. The molecule has 0 spiro atoms. The Balaban J connectivity index is 1.99. The van der Waals surface area contributed by atoms with Crippen molar-refractivity contribution in [1.82, 2.24) is 9.97 Å². The molecule has 1 N–H and O–H groups in total. The first-order valence-electron chi connectivity index (χ1n) is 6.62. The number of hydrogen-bond donors (Lipinski definition) is 1. The maximum absolute atomic E-state index is 13.0. The summed E-state index contributed by atoms with van der Waals surface area (Å²) in [6.07, 6.45) is 1.59. The number of aromatic nitrogens is 2. The van der Waals surface area contributed by atoms with Gasteiger partial charge < -0.3 is 10.1 Å². The highest BCUT2D eigenvalue weighted by Gasteiger charge is 2.20. The molecule has 8 heteroatoms. The SMILES string of the molecule is Cc1cnc(C(=O)O[C@@H](C)C(=O)Nc2ccc(F)cc2Cl)cn1. The van der Waals surface area contributed by atoms with E-state index in [4.69, 9.17) is 16.3 Å². The second-order valence-corrected chi connectivity index (χ2v) is 5.11. The van der Waals surface area contributed by atoms with Crippen molar-refractivity contribution in [3.63, 3.8) is 0 Å². The van der Waals surface area contributed by atoms with Gasteiger partial charge in [0.15, 0.2) is 11.8 Å². The van der Waals surface area contributed by atoms with Crippen LogP contribution in [-0.4, -0.2) is 27.9 Å². The molecule has 2 rings (SSSR count). The van der Waals surface area contributed by atoms with Crippen molar-refractivity contribution in [2.45, 2.75) is 20.0 Å². The topological polar surface area (TPSA) is 81.2 Å². The van der Waals surface area contributed by atoms with Crippen LogP contribution in [0.25, 0.3) is 0 Å². The molecule has 6 nitrogen and oxygen atoms in total. The molecule has 0 unspecified atom stereocenters. The lowest BCUT2D eigenvalue weighted by Crippen LogP contribution is -2.30. The predicted octanol–water partition coefficient (Wildman–Crippen LogP) is 2.76. The number of esters is 1. The minimum Gasteiger partial charge on any atom is -0.448 e. The van der Waals surface area contributed by atoms with Crippen molar-refractivity contribution in [2.24, 2.45) is 0 Å². The van der Waals surface area contributed by atoms with Gasteiger partial charge in [0.05, 0.1) is 22.6 Å². The Labute approximate surface area is 136 Å². The van der Waals surface area contributed by atoms with Gasteiger partial charge in [0.25, 0.3) is 5.91 Å². The largest absolute Gasteiger partial charge is 0.448 e. The van der Waals surface area contributed by atoms with Gasteiger partial charge in [-0.25, -0.2) is 14.2 Å². The average molecular weight is 338 g/mol. The maximum Gasteiger partial charge on any atom is 0.359 e. The van der Waals surface area contributed by atoms with Crippen LogP contribution in [0.2, 0.25) is 5.02 Å². The number of anilines is 1. The van der Waals surface area contributed by atoms with Crippen molar-refractivity contribution in [1.29, 1.82) is 0 Å². The van der Waals surface area contributed by atoms with Crippen LogP contribution in [0.5, 0.6) is 0 Å². The fourth-order valence-corrected chi connectivity index (χ4v) is 1.81. The molecular weight excluding hydrogens is 325 g/mol. The van der Waals surface area contributed by atoms with E-state index in [0.717, 1.165) is 12.1 Å². The number of amides is 1. The number of rotatable bonds is 4. The first-order chi connectivity index (χ1) is 10.9. The first kappa shape index (κ1) is 16.8. The van der Waals surface area contributed by atoms with Crippen LogP contribution in [-0.2, 0) is 9.53 Å². The molecule has 0 saturated carbocycles. The minimum atomic E-state index is -1.09. The summed E-state index contributed by atoms with van der Waals surface area (Å²) in [6.45, 7) is 3.12. The number of nitrogens with zero attached hydrogens (tertiary/aromatic N) is 2. The van der Waals surface area contributed by atoms with Gasteiger partial charge >= 0.3 is 5.97 Å². The number of hydrogen-bond acceptors (Lipinski definition) is 5. The summed E-state index contributed by atoms with van der Waals surface area (Å²) in [4.78, 5) is 31.6. The zero-order valence-corrected chi connectivity index (χ0v) is 13.1. The number of carbonyl (C=O) groups is 2. The average Bonchev–Trinajstić information content (AvgIpc) is 2.50. The van der Waals surface area contributed by atoms with Crippen molar-refractivity contribution in [3.05, 3.63) is 52.8 Å². The summed E-state index contributed by atoms with van der Waals surface area (Å²) >= 11 is 5.81. The van der Waals surface area contributed by atoms with E-state index in [0.29, 0.717) is 5.69 Å². The number of nitrogens with one attached hydrogen (secondary N) is 1. The predicted molar refractivity (Wildman–Crippen MR) is 81.7 cm³/mol. The van der Waals surface area contributed by atoms with Gasteiger partial charge in [-0.3, -0.25) is 9.78 Å². The van der Waals surface area contributed by atoms with Gasteiger partial charge in [0, 0.05) is 6.20 Å². The summed E-state index contributed by atoms with van der Waals surface area (Å²) in [6, 6.07) is 3.53. The molecule has 0 fully saturated rings. The van der Waals surface area contributed by atoms with E-state index in [1.165, 1.54) is 25.4 Å². The molecule has 0 saturated heterocycles. The normalized spacial score (nSPS) is 11.7. The molecule has 1 amide bonds. The van der Waals surface area contributed by atoms with Gasteiger partial charge in [0.1, 0.15) is 5.82 Å². The van der Waals surface area contributed by atoms with Crippen molar-refractivity contribution in [3.8, 4) is 0 Å². The molecule has 0 aliphatic rings. The molecule has 2 aromatic rings. The molecule has 0 bridgehead atoms. The monoisotopic (exact) mass is 337 g/mol. The molecule has 0 aliphatic heterocycles. The van der Waals surface area contributed by atoms with E-state index in [1.807, 2.05) is 0 Å². The summed E-state index contributed by atoms with van der Waals surface area (Å²) < 4.78 is 18.0. The van der Waals surface area contributed by atoms with E-state index < -0.39 is 23.8 Å². The third-order valence-corrected chi connectivity index (χ3v) is 3.14. The highest BCUT2D eigenvalue weighted by molar-refractivity contribution is 6.33. The Morgan fingerprint density at radius 2 is 2.04 bits per heavy atom. The molecular formula is C15H13ClFN3O3. The van der Waals surface area contributed by atoms with Crippen molar-refractivity contribution >= 4 is 29.2 Å². The van der Waals surface area contributed by atoms with Crippen LogP contribution in [0.15, 0.2) is 30.6 Å². The third-order valence-electron chi connectivity index (χ3n) is 2.83. The van der Waals surface area contributed by atoms with Crippen LogP contribution in [0, 0.1) is 12.7 Å². The molecule has 1 atom stereocenters. The van der Waals surface area contributed by atoms with Gasteiger partial charge in [-0.05, 0) is 32.0 Å². The smallest absolute Gasteiger partial charge is 0.359 e. The Bertz CT molecular complexity index is 737. The number of carbonyl (C=O) groups excluding carboxylic acids is 2. The lowest BCUT2D eigenvalue weighted by molar-refractivity contribution is -0.123. The van der Waals surface area contributed by atoms with Crippen LogP contribution in [0.1, 0.15) is 23.1 Å². The standard InChI is InChI=1S/C15H13ClFN3O3/c1-8-6-19-13(7-18-8)15(22)23-9(2)14(21)20-12-4-3-10(17)5-11(12)16/h3-7,9H,1-2H3,(H,20,21)/t9-/m0/s1.